The Labute approximate surface area is 125 Å². The van der Waals surface area contributed by atoms with E-state index in [0.29, 0.717) is 17.8 Å². The zero-order valence-corrected chi connectivity index (χ0v) is 12.3. The first-order valence-corrected chi connectivity index (χ1v) is 7.97. The molecule has 1 aromatic heterocycles. The number of hydrogen-bond acceptors (Lipinski definition) is 6. The van der Waals surface area contributed by atoms with Crippen molar-refractivity contribution >= 4 is 34.7 Å². The second-order valence-corrected chi connectivity index (χ2v) is 5.56. The molecule has 5 nitrogen and oxygen atoms in total. The second-order valence-electron chi connectivity index (χ2n) is 4.69. The van der Waals surface area contributed by atoms with E-state index in [9.17, 15) is 9.59 Å². The molecule has 0 saturated carbocycles. The van der Waals surface area contributed by atoms with Crippen LogP contribution in [0.5, 0.6) is 0 Å². The average molecular weight is 306 g/mol. The zero-order valence-electron chi connectivity index (χ0n) is 11.5. The number of carbonyl (C=O) groups excluding carboxylic acids is 2. The van der Waals surface area contributed by atoms with Crippen LogP contribution < -0.4 is 0 Å². The van der Waals surface area contributed by atoms with Crippen LogP contribution in [0.4, 0.5) is 0 Å². The lowest BCUT2D eigenvalue weighted by atomic mass is 10.1. The van der Waals surface area contributed by atoms with Gasteiger partial charge in [0.05, 0.1) is 6.61 Å². The number of carbonyl (C=O) groups is 2. The molecule has 1 unspecified atom stereocenters. The molecule has 1 aliphatic heterocycles. The molecule has 0 amide bonds. The fourth-order valence-electron chi connectivity index (χ4n) is 2.32. The maximum absolute atomic E-state index is 12.3. The number of hydrogen-bond donors (Lipinski definition) is 0. The zero-order chi connectivity index (χ0) is 14.8. The Kier molecular flexibility index (Phi) is 3.88. The SMILES string of the molecule is CSCc1c(C(=O)OC2CCOC2=O)oc2ccccc12. The van der Waals surface area contributed by atoms with E-state index in [1.165, 1.54) is 0 Å². The van der Waals surface area contributed by atoms with Crippen molar-refractivity contribution < 1.29 is 23.5 Å². The highest BCUT2D eigenvalue weighted by molar-refractivity contribution is 7.97. The molecule has 6 heteroatoms. The van der Waals surface area contributed by atoms with Gasteiger partial charge in [0.2, 0.25) is 11.9 Å². The molecule has 110 valence electrons. The number of thioether (sulfide) groups is 1. The summed E-state index contributed by atoms with van der Waals surface area (Å²) in [6.07, 6.45) is 1.52. The van der Waals surface area contributed by atoms with E-state index in [-0.39, 0.29) is 12.4 Å². The molecule has 1 aliphatic rings. The van der Waals surface area contributed by atoms with Gasteiger partial charge in [-0.05, 0) is 12.3 Å². The van der Waals surface area contributed by atoms with Crippen molar-refractivity contribution in [2.75, 3.05) is 12.9 Å². The Morgan fingerprint density at radius 3 is 2.95 bits per heavy atom. The van der Waals surface area contributed by atoms with Crippen LogP contribution in [0.15, 0.2) is 28.7 Å². The number of benzene rings is 1. The molecule has 2 aromatic rings. The molecule has 2 heterocycles. The third kappa shape index (κ3) is 2.63. The van der Waals surface area contributed by atoms with Gasteiger partial charge in [0.15, 0.2) is 0 Å². The molecule has 0 spiro atoms. The largest absolute Gasteiger partial charge is 0.463 e. The van der Waals surface area contributed by atoms with Crippen LogP contribution in [-0.4, -0.2) is 30.9 Å². The summed E-state index contributed by atoms with van der Waals surface area (Å²) >= 11 is 1.59. The number of para-hydroxylation sites is 1. The molecule has 1 saturated heterocycles. The first-order valence-electron chi connectivity index (χ1n) is 6.57. The highest BCUT2D eigenvalue weighted by Crippen LogP contribution is 2.29. The van der Waals surface area contributed by atoms with Gasteiger partial charge in [-0.25, -0.2) is 9.59 Å². The summed E-state index contributed by atoms with van der Waals surface area (Å²) in [5, 5.41) is 0.896. The minimum Gasteiger partial charge on any atom is -0.463 e. The summed E-state index contributed by atoms with van der Waals surface area (Å²) in [5.41, 5.74) is 1.44. The second kappa shape index (κ2) is 5.81. The first kappa shape index (κ1) is 14.0. The van der Waals surface area contributed by atoms with Crippen molar-refractivity contribution in [2.45, 2.75) is 18.3 Å². The van der Waals surface area contributed by atoms with Gasteiger partial charge in [-0.2, -0.15) is 11.8 Å². The van der Waals surface area contributed by atoms with Gasteiger partial charge in [0.1, 0.15) is 5.58 Å². The van der Waals surface area contributed by atoms with Crippen molar-refractivity contribution in [3.8, 4) is 0 Å². The molecule has 0 bridgehead atoms. The molecule has 1 atom stereocenters. The summed E-state index contributed by atoms with van der Waals surface area (Å²) in [7, 11) is 0. The first-order chi connectivity index (χ1) is 10.2. The van der Waals surface area contributed by atoms with Gasteiger partial charge in [-0.1, -0.05) is 18.2 Å². The van der Waals surface area contributed by atoms with E-state index in [1.807, 2.05) is 24.5 Å². The number of ether oxygens (including phenoxy) is 2. The fourth-order valence-corrected chi connectivity index (χ4v) is 2.89. The average Bonchev–Trinajstić information content (AvgIpc) is 3.04. The van der Waals surface area contributed by atoms with Gasteiger partial charge < -0.3 is 13.9 Å². The van der Waals surface area contributed by atoms with Crippen LogP contribution in [-0.2, 0) is 20.0 Å². The predicted octanol–water partition coefficient (Wildman–Crippen LogP) is 2.77. The van der Waals surface area contributed by atoms with E-state index in [2.05, 4.69) is 0 Å². The van der Waals surface area contributed by atoms with Crippen molar-refractivity contribution in [1.82, 2.24) is 0 Å². The van der Waals surface area contributed by atoms with Gasteiger partial charge in [0, 0.05) is 23.1 Å². The molecule has 1 aromatic carbocycles. The molecular weight excluding hydrogens is 292 g/mol. The maximum Gasteiger partial charge on any atom is 0.375 e. The highest BCUT2D eigenvalue weighted by Gasteiger charge is 2.32. The Morgan fingerprint density at radius 2 is 2.24 bits per heavy atom. The molecule has 0 radical (unpaired) electrons. The quantitative estimate of drug-likeness (QED) is 0.809. The molecular formula is C15H14O5S. The number of rotatable bonds is 4. The molecule has 0 N–H and O–H groups in total. The number of furan rings is 1. The van der Waals surface area contributed by atoms with Crippen molar-refractivity contribution in [3.05, 3.63) is 35.6 Å². The van der Waals surface area contributed by atoms with Crippen molar-refractivity contribution in [2.24, 2.45) is 0 Å². The Hall–Kier alpha value is -1.95. The summed E-state index contributed by atoms with van der Waals surface area (Å²) in [6.45, 7) is 0.286. The smallest absolute Gasteiger partial charge is 0.375 e. The minimum atomic E-state index is -0.826. The lowest BCUT2D eigenvalue weighted by Crippen LogP contribution is -2.22. The van der Waals surface area contributed by atoms with E-state index >= 15 is 0 Å². The summed E-state index contributed by atoms with van der Waals surface area (Å²) in [6, 6.07) is 7.45. The Bertz CT molecular complexity index is 690. The number of fused-ring (bicyclic) bond motifs is 1. The van der Waals surface area contributed by atoms with Crippen molar-refractivity contribution in [3.63, 3.8) is 0 Å². The van der Waals surface area contributed by atoms with Gasteiger partial charge in [-0.3, -0.25) is 0 Å². The van der Waals surface area contributed by atoms with Gasteiger partial charge in [-0.15, -0.1) is 0 Å². The van der Waals surface area contributed by atoms with E-state index in [1.54, 1.807) is 17.8 Å². The van der Waals surface area contributed by atoms with E-state index < -0.39 is 18.0 Å². The van der Waals surface area contributed by atoms with Gasteiger partial charge in [0.25, 0.3) is 0 Å². The third-order valence-corrected chi connectivity index (χ3v) is 3.89. The summed E-state index contributed by atoms with van der Waals surface area (Å²) in [4.78, 5) is 23.7. The standard InChI is InChI=1S/C15H14O5S/c1-21-8-10-9-4-2-3-5-11(9)19-13(10)15(17)20-12-6-7-18-14(12)16/h2-5,12H,6-8H2,1H3. The van der Waals surface area contributed by atoms with E-state index in [4.69, 9.17) is 13.9 Å². The normalized spacial score (nSPS) is 18.0. The predicted molar refractivity (Wildman–Crippen MR) is 78.2 cm³/mol. The van der Waals surface area contributed by atoms with Crippen LogP contribution in [0.3, 0.4) is 0 Å². The monoisotopic (exact) mass is 306 g/mol. The molecule has 21 heavy (non-hydrogen) atoms. The topological polar surface area (TPSA) is 65.7 Å². The Morgan fingerprint density at radius 1 is 1.43 bits per heavy atom. The number of esters is 2. The molecule has 1 fully saturated rings. The maximum atomic E-state index is 12.3. The minimum absolute atomic E-state index is 0.172. The lowest BCUT2D eigenvalue weighted by Gasteiger charge is -2.07. The van der Waals surface area contributed by atoms with E-state index in [0.717, 1.165) is 10.9 Å². The molecule has 0 aliphatic carbocycles. The van der Waals surface area contributed by atoms with Crippen LogP contribution in [0, 0.1) is 0 Å². The summed E-state index contributed by atoms with van der Waals surface area (Å²) in [5.74, 6) is -0.299. The van der Waals surface area contributed by atoms with Crippen LogP contribution in [0.2, 0.25) is 0 Å². The van der Waals surface area contributed by atoms with Crippen LogP contribution >= 0.6 is 11.8 Å². The van der Waals surface area contributed by atoms with Gasteiger partial charge >= 0.3 is 11.9 Å². The summed E-state index contributed by atoms with van der Waals surface area (Å²) < 4.78 is 15.6. The number of cyclic esters (lactones) is 1. The van der Waals surface area contributed by atoms with Crippen LogP contribution in [0.25, 0.3) is 11.0 Å². The lowest BCUT2D eigenvalue weighted by molar-refractivity contribution is -0.145. The van der Waals surface area contributed by atoms with Crippen LogP contribution in [0.1, 0.15) is 22.5 Å². The highest BCUT2D eigenvalue weighted by atomic mass is 32.2. The molecule has 3 rings (SSSR count). The van der Waals surface area contributed by atoms with Crippen molar-refractivity contribution in [1.29, 1.82) is 0 Å². The Balaban J connectivity index is 1.93. The third-order valence-electron chi connectivity index (χ3n) is 3.31. The fraction of sp³-hybridized carbons (Fsp3) is 0.333.